The molecule has 9 nitrogen and oxygen atoms in total. The molecule has 0 spiro atoms. The van der Waals surface area contributed by atoms with Crippen LogP contribution in [0.25, 0.3) is 0 Å². The van der Waals surface area contributed by atoms with E-state index < -0.39 is 0 Å². The van der Waals surface area contributed by atoms with Crippen LogP contribution in [-0.2, 0) is 37.9 Å². The lowest BCUT2D eigenvalue weighted by Gasteiger charge is -2.22. The Morgan fingerprint density at radius 1 is 0.364 bits per heavy atom. The minimum Gasteiger partial charge on any atom is -0.394 e. The van der Waals surface area contributed by atoms with E-state index in [1.807, 2.05) is 27.7 Å². The van der Waals surface area contributed by atoms with Gasteiger partial charge in [0.25, 0.3) is 0 Å². The maximum atomic E-state index is 8.65. The van der Waals surface area contributed by atoms with Gasteiger partial charge in [0.05, 0.1) is 103 Å². The summed E-state index contributed by atoms with van der Waals surface area (Å²) in [4.78, 5) is 0. The van der Waals surface area contributed by atoms with E-state index >= 15 is 0 Å². The van der Waals surface area contributed by atoms with Crippen molar-refractivity contribution in [1.82, 2.24) is 0 Å². The van der Waals surface area contributed by atoms with Crippen LogP contribution in [0.1, 0.15) is 119 Å². The van der Waals surface area contributed by atoms with Gasteiger partial charge in [-0.2, -0.15) is 0 Å². The van der Waals surface area contributed by atoms with Gasteiger partial charge in [0.1, 0.15) is 0 Å². The molecule has 0 rings (SSSR count). The van der Waals surface area contributed by atoms with Crippen LogP contribution in [0, 0.1) is 0 Å². The van der Waals surface area contributed by atoms with Crippen molar-refractivity contribution in [2.45, 2.75) is 149 Å². The standard InChI is InChI=1S/C35H72O9/c1-7-8-9-10-11-12-13-14-15-16-17-18-20-39-26-31(2)41-28-33(4)43-30-35(6)44-29-34(5)42-27-32(3)40-25-24-38-23-22-37-21-19-36/h31-36H,7-30H2,1-6H3. The van der Waals surface area contributed by atoms with Gasteiger partial charge in [0, 0.05) is 6.61 Å². The van der Waals surface area contributed by atoms with E-state index in [2.05, 4.69) is 13.8 Å². The molecule has 44 heavy (non-hydrogen) atoms. The lowest BCUT2D eigenvalue weighted by atomic mass is 10.1. The molecule has 1 N–H and O–H groups in total. The van der Waals surface area contributed by atoms with Gasteiger partial charge in [0.15, 0.2) is 0 Å². The molecule has 0 aromatic rings. The molecule has 0 radical (unpaired) electrons. The SMILES string of the molecule is CCCCCCCCCCCCCCOCC(C)OCC(C)OCC(C)OCC(C)OCC(C)OCCOCCOCCO. The first-order valence-electron chi connectivity index (χ1n) is 17.8. The average Bonchev–Trinajstić information content (AvgIpc) is 3.02. The zero-order chi connectivity index (χ0) is 32.5. The smallest absolute Gasteiger partial charge is 0.0781 e. The Morgan fingerprint density at radius 2 is 0.727 bits per heavy atom. The summed E-state index contributed by atoms with van der Waals surface area (Å²) in [6.07, 6.45) is 16.2. The highest BCUT2D eigenvalue weighted by Gasteiger charge is 2.13. The van der Waals surface area contributed by atoms with Gasteiger partial charge in [-0.1, -0.05) is 77.6 Å². The van der Waals surface area contributed by atoms with Gasteiger partial charge >= 0.3 is 0 Å². The zero-order valence-electron chi connectivity index (χ0n) is 29.6. The number of ether oxygens (including phenoxy) is 8. The summed E-state index contributed by atoms with van der Waals surface area (Å²) in [7, 11) is 0. The molecule has 0 bridgehead atoms. The van der Waals surface area contributed by atoms with Gasteiger partial charge in [-0.15, -0.1) is 0 Å². The molecular formula is C35H72O9. The Balaban J connectivity index is 3.57. The van der Waals surface area contributed by atoms with E-state index in [-0.39, 0.29) is 37.1 Å². The van der Waals surface area contributed by atoms with Crippen LogP contribution < -0.4 is 0 Å². The van der Waals surface area contributed by atoms with E-state index in [0.717, 1.165) is 13.0 Å². The van der Waals surface area contributed by atoms with Crippen molar-refractivity contribution in [3.05, 3.63) is 0 Å². The second-order valence-electron chi connectivity index (χ2n) is 12.2. The first-order valence-corrected chi connectivity index (χ1v) is 17.8. The fourth-order valence-electron chi connectivity index (χ4n) is 4.43. The predicted octanol–water partition coefficient (Wildman–Crippen LogP) is 6.76. The number of aliphatic hydroxyl groups is 1. The second kappa shape index (κ2) is 34.0. The third-order valence-corrected chi connectivity index (χ3v) is 7.19. The molecule has 0 fully saturated rings. The number of hydrogen-bond acceptors (Lipinski definition) is 9. The second-order valence-corrected chi connectivity index (χ2v) is 12.2. The molecule has 0 saturated carbocycles. The fraction of sp³-hybridized carbons (Fsp3) is 1.00. The lowest BCUT2D eigenvalue weighted by Crippen LogP contribution is -2.29. The molecule has 0 saturated heterocycles. The Morgan fingerprint density at radius 3 is 1.18 bits per heavy atom. The Labute approximate surface area is 271 Å². The summed E-state index contributed by atoms with van der Waals surface area (Å²) in [6.45, 7) is 18.1. The third kappa shape index (κ3) is 33.0. The molecule has 0 aromatic heterocycles. The summed E-state index contributed by atoms with van der Waals surface area (Å²) < 4.78 is 45.7. The van der Waals surface area contributed by atoms with Gasteiger partial charge in [-0.05, 0) is 41.0 Å². The van der Waals surface area contributed by atoms with Crippen LogP contribution in [0.2, 0.25) is 0 Å². The van der Waals surface area contributed by atoms with Crippen LogP contribution >= 0.6 is 0 Å². The molecule has 9 heteroatoms. The van der Waals surface area contributed by atoms with Crippen molar-refractivity contribution < 1.29 is 43.0 Å². The van der Waals surface area contributed by atoms with Gasteiger partial charge in [0.2, 0.25) is 0 Å². The third-order valence-electron chi connectivity index (χ3n) is 7.19. The van der Waals surface area contributed by atoms with Crippen molar-refractivity contribution in [2.75, 3.05) is 79.3 Å². The lowest BCUT2D eigenvalue weighted by molar-refractivity contribution is -0.101. The summed E-state index contributed by atoms with van der Waals surface area (Å²) in [5.74, 6) is 0. The highest BCUT2D eigenvalue weighted by Crippen LogP contribution is 2.12. The van der Waals surface area contributed by atoms with Crippen molar-refractivity contribution in [1.29, 1.82) is 0 Å². The molecule has 0 aromatic carbocycles. The minimum absolute atomic E-state index is 0.0106. The van der Waals surface area contributed by atoms with Crippen molar-refractivity contribution in [3.63, 3.8) is 0 Å². The largest absolute Gasteiger partial charge is 0.394 e. The molecule has 0 heterocycles. The van der Waals surface area contributed by atoms with Crippen LogP contribution in [0.3, 0.4) is 0 Å². The van der Waals surface area contributed by atoms with E-state index in [9.17, 15) is 0 Å². The molecule has 0 aliphatic carbocycles. The van der Waals surface area contributed by atoms with Crippen LogP contribution in [0.5, 0.6) is 0 Å². The molecule has 0 aliphatic rings. The summed E-state index contributed by atoms with van der Waals surface area (Å²) in [5.41, 5.74) is 0. The van der Waals surface area contributed by atoms with Crippen LogP contribution in [-0.4, -0.2) is 115 Å². The van der Waals surface area contributed by atoms with Crippen LogP contribution in [0.4, 0.5) is 0 Å². The number of rotatable bonds is 36. The molecule has 5 atom stereocenters. The van der Waals surface area contributed by atoms with E-state index in [1.165, 1.54) is 70.6 Å². The fourth-order valence-corrected chi connectivity index (χ4v) is 4.43. The Bertz CT molecular complexity index is 554. The molecule has 266 valence electrons. The first-order chi connectivity index (χ1) is 21.4. The quantitative estimate of drug-likeness (QED) is 0.0749. The van der Waals surface area contributed by atoms with Gasteiger partial charge < -0.3 is 43.0 Å². The predicted molar refractivity (Wildman–Crippen MR) is 178 cm³/mol. The molecular weight excluding hydrogens is 564 g/mol. The maximum Gasteiger partial charge on any atom is 0.0781 e. The minimum atomic E-state index is -0.0417. The van der Waals surface area contributed by atoms with Crippen molar-refractivity contribution >= 4 is 0 Å². The number of aliphatic hydroxyl groups excluding tert-OH is 1. The van der Waals surface area contributed by atoms with E-state index in [1.54, 1.807) is 0 Å². The highest BCUT2D eigenvalue weighted by molar-refractivity contribution is 4.58. The zero-order valence-corrected chi connectivity index (χ0v) is 29.6. The number of hydrogen-bond donors (Lipinski definition) is 1. The Hall–Kier alpha value is -0.360. The van der Waals surface area contributed by atoms with E-state index in [4.69, 9.17) is 43.0 Å². The van der Waals surface area contributed by atoms with Crippen molar-refractivity contribution in [3.8, 4) is 0 Å². The summed E-state index contributed by atoms with van der Waals surface area (Å²) in [6, 6.07) is 0. The average molecular weight is 637 g/mol. The number of unbranched alkanes of at least 4 members (excludes halogenated alkanes) is 11. The van der Waals surface area contributed by atoms with E-state index in [0.29, 0.717) is 66.1 Å². The normalized spacial score (nSPS) is 15.3. The maximum absolute atomic E-state index is 8.65. The van der Waals surface area contributed by atoms with Gasteiger partial charge in [-0.25, -0.2) is 0 Å². The topological polar surface area (TPSA) is 94.1 Å². The molecule has 0 amide bonds. The van der Waals surface area contributed by atoms with Gasteiger partial charge in [-0.3, -0.25) is 0 Å². The summed E-state index contributed by atoms with van der Waals surface area (Å²) in [5, 5.41) is 8.65. The van der Waals surface area contributed by atoms with Crippen molar-refractivity contribution in [2.24, 2.45) is 0 Å². The first kappa shape index (κ1) is 43.6. The molecule has 0 aliphatic heterocycles. The Kier molecular flexibility index (Phi) is 33.7. The molecule has 5 unspecified atom stereocenters. The monoisotopic (exact) mass is 637 g/mol. The summed E-state index contributed by atoms with van der Waals surface area (Å²) >= 11 is 0. The highest BCUT2D eigenvalue weighted by atomic mass is 16.6. The van der Waals surface area contributed by atoms with Crippen LogP contribution in [0.15, 0.2) is 0 Å².